The number of hydrogen-bond acceptors (Lipinski definition) is 4. The standard InChI is InChI=1S/C16H27N5O2/c1-18(2)7-8-21-12-14(9-15(21)22)16(23)19(3)6-5-13-10-17-20(4)11-13/h10-11,14H,5-9,12H2,1-4H3/t14-/m0/s1. The predicted molar refractivity (Wildman–Crippen MR) is 87.8 cm³/mol. The smallest absolute Gasteiger partial charge is 0.227 e. The van der Waals surface area contributed by atoms with E-state index in [1.807, 2.05) is 45.5 Å². The predicted octanol–water partition coefficient (Wildman–Crippen LogP) is -0.169. The first-order valence-corrected chi connectivity index (χ1v) is 8.02. The molecule has 1 aliphatic rings. The highest BCUT2D eigenvalue weighted by molar-refractivity contribution is 5.89. The highest BCUT2D eigenvalue weighted by atomic mass is 16.2. The average molecular weight is 321 g/mol. The number of likely N-dealkylation sites (tertiary alicyclic amines) is 1. The minimum Gasteiger partial charge on any atom is -0.345 e. The topological polar surface area (TPSA) is 61.7 Å². The van der Waals surface area contributed by atoms with Crippen molar-refractivity contribution in [2.24, 2.45) is 13.0 Å². The molecule has 7 heteroatoms. The summed E-state index contributed by atoms with van der Waals surface area (Å²) in [4.78, 5) is 30.1. The Morgan fingerprint density at radius 1 is 1.35 bits per heavy atom. The molecule has 1 saturated heterocycles. The fourth-order valence-corrected chi connectivity index (χ4v) is 2.79. The molecule has 7 nitrogen and oxygen atoms in total. The third-order valence-corrected chi connectivity index (χ3v) is 4.25. The lowest BCUT2D eigenvalue weighted by molar-refractivity contribution is -0.134. The Morgan fingerprint density at radius 2 is 2.09 bits per heavy atom. The first kappa shape index (κ1) is 17.5. The van der Waals surface area contributed by atoms with Gasteiger partial charge in [-0.15, -0.1) is 0 Å². The summed E-state index contributed by atoms with van der Waals surface area (Å²) in [5, 5.41) is 4.13. The third-order valence-electron chi connectivity index (χ3n) is 4.25. The Labute approximate surface area is 137 Å². The van der Waals surface area contributed by atoms with Crippen LogP contribution >= 0.6 is 0 Å². The number of amides is 2. The van der Waals surface area contributed by atoms with E-state index in [9.17, 15) is 9.59 Å². The van der Waals surface area contributed by atoms with E-state index >= 15 is 0 Å². The molecule has 0 radical (unpaired) electrons. The van der Waals surface area contributed by atoms with Crippen LogP contribution in [0, 0.1) is 5.92 Å². The summed E-state index contributed by atoms with van der Waals surface area (Å²) in [6, 6.07) is 0. The Morgan fingerprint density at radius 3 is 2.70 bits per heavy atom. The molecule has 1 aliphatic heterocycles. The van der Waals surface area contributed by atoms with Gasteiger partial charge in [-0.1, -0.05) is 0 Å². The number of carbonyl (C=O) groups is 2. The van der Waals surface area contributed by atoms with Gasteiger partial charge < -0.3 is 14.7 Å². The van der Waals surface area contributed by atoms with E-state index < -0.39 is 0 Å². The van der Waals surface area contributed by atoms with Gasteiger partial charge in [0.05, 0.1) is 12.1 Å². The maximum atomic E-state index is 12.5. The van der Waals surface area contributed by atoms with Gasteiger partial charge in [0.15, 0.2) is 0 Å². The van der Waals surface area contributed by atoms with Crippen LogP contribution in [0.4, 0.5) is 0 Å². The maximum Gasteiger partial charge on any atom is 0.227 e. The van der Waals surface area contributed by atoms with E-state index in [0.29, 0.717) is 26.1 Å². The molecule has 128 valence electrons. The van der Waals surface area contributed by atoms with Gasteiger partial charge in [0.1, 0.15) is 0 Å². The highest BCUT2D eigenvalue weighted by Crippen LogP contribution is 2.19. The molecule has 0 N–H and O–H groups in total. The molecule has 0 aliphatic carbocycles. The van der Waals surface area contributed by atoms with E-state index in [-0.39, 0.29) is 17.7 Å². The van der Waals surface area contributed by atoms with Crippen LogP contribution in [0.2, 0.25) is 0 Å². The van der Waals surface area contributed by atoms with Gasteiger partial charge in [0, 0.05) is 52.9 Å². The Kier molecular flexibility index (Phi) is 5.76. The van der Waals surface area contributed by atoms with E-state index in [2.05, 4.69) is 5.10 Å². The summed E-state index contributed by atoms with van der Waals surface area (Å²) in [5.74, 6) is -0.0518. The Bertz CT molecular complexity index is 554. The lowest BCUT2D eigenvalue weighted by Crippen LogP contribution is -2.37. The lowest BCUT2D eigenvalue weighted by Gasteiger charge is -2.22. The Balaban J connectivity index is 1.81. The Hall–Kier alpha value is -1.89. The minimum absolute atomic E-state index is 0.0644. The fraction of sp³-hybridized carbons (Fsp3) is 0.688. The quantitative estimate of drug-likeness (QED) is 0.700. The summed E-state index contributed by atoms with van der Waals surface area (Å²) in [6.07, 6.45) is 4.89. The van der Waals surface area contributed by atoms with Crippen LogP contribution in [-0.2, 0) is 23.1 Å². The molecular weight excluding hydrogens is 294 g/mol. The third kappa shape index (κ3) is 4.79. The zero-order valence-electron chi connectivity index (χ0n) is 14.5. The molecule has 0 bridgehead atoms. The van der Waals surface area contributed by atoms with Crippen molar-refractivity contribution in [3.63, 3.8) is 0 Å². The maximum absolute atomic E-state index is 12.5. The van der Waals surface area contributed by atoms with Crippen molar-refractivity contribution in [2.45, 2.75) is 12.8 Å². The van der Waals surface area contributed by atoms with Crippen molar-refractivity contribution in [3.05, 3.63) is 18.0 Å². The molecule has 0 saturated carbocycles. The number of rotatable bonds is 7. The molecule has 1 aromatic rings. The average Bonchev–Trinajstić information content (AvgIpc) is 3.07. The number of likely N-dealkylation sites (N-methyl/N-ethyl adjacent to an activating group) is 2. The van der Waals surface area contributed by atoms with Gasteiger partial charge in [-0.05, 0) is 26.1 Å². The molecule has 23 heavy (non-hydrogen) atoms. The summed E-state index contributed by atoms with van der Waals surface area (Å²) >= 11 is 0. The van der Waals surface area contributed by atoms with Crippen LogP contribution in [0.3, 0.4) is 0 Å². The van der Waals surface area contributed by atoms with Crippen molar-refractivity contribution < 1.29 is 9.59 Å². The van der Waals surface area contributed by atoms with Gasteiger partial charge in [-0.2, -0.15) is 5.10 Å². The fourth-order valence-electron chi connectivity index (χ4n) is 2.79. The number of aryl methyl sites for hydroxylation is 1. The van der Waals surface area contributed by atoms with Gasteiger partial charge in [0.2, 0.25) is 11.8 Å². The highest BCUT2D eigenvalue weighted by Gasteiger charge is 2.35. The molecule has 1 aromatic heterocycles. The summed E-state index contributed by atoms with van der Waals surface area (Å²) in [5.41, 5.74) is 1.11. The van der Waals surface area contributed by atoms with Crippen LogP contribution in [0.15, 0.2) is 12.4 Å². The number of carbonyl (C=O) groups excluding carboxylic acids is 2. The van der Waals surface area contributed by atoms with E-state index in [4.69, 9.17) is 0 Å². The summed E-state index contributed by atoms with van der Waals surface area (Å²) in [6.45, 7) is 2.70. The normalized spacial score (nSPS) is 18.0. The van der Waals surface area contributed by atoms with E-state index in [1.165, 1.54) is 0 Å². The molecule has 1 atom stereocenters. The van der Waals surface area contributed by atoms with Gasteiger partial charge in [-0.3, -0.25) is 14.3 Å². The second-order valence-corrected chi connectivity index (χ2v) is 6.58. The second-order valence-electron chi connectivity index (χ2n) is 6.58. The van der Waals surface area contributed by atoms with E-state index in [0.717, 1.165) is 18.5 Å². The van der Waals surface area contributed by atoms with Crippen molar-refractivity contribution >= 4 is 11.8 Å². The largest absolute Gasteiger partial charge is 0.345 e. The van der Waals surface area contributed by atoms with Crippen LogP contribution in [0.5, 0.6) is 0 Å². The zero-order chi connectivity index (χ0) is 17.0. The van der Waals surface area contributed by atoms with Crippen LogP contribution in [-0.4, -0.2) is 83.6 Å². The monoisotopic (exact) mass is 321 g/mol. The van der Waals surface area contributed by atoms with E-state index in [1.54, 1.807) is 14.5 Å². The number of nitrogens with zero attached hydrogens (tertiary/aromatic N) is 5. The molecule has 0 unspecified atom stereocenters. The lowest BCUT2D eigenvalue weighted by atomic mass is 10.1. The van der Waals surface area contributed by atoms with Gasteiger partial charge in [0.25, 0.3) is 0 Å². The van der Waals surface area contributed by atoms with Crippen molar-refractivity contribution in [2.75, 3.05) is 47.3 Å². The molecule has 2 heterocycles. The molecular formula is C16H27N5O2. The molecule has 0 aromatic carbocycles. The van der Waals surface area contributed by atoms with Crippen LogP contribution < -0.4 is 0 Å². The SMILES string of the molecule is CN(C)CCN1C[C@@H](C(=O)N(C)CCc2cnn(C)c2)CC1=O. The minimum atomic E-state index is -0.205. The number of aromatic nitrogens is 2. The summed E-state index contributed by atoms with van der Waals surface area (Å²) < 4.78 is 1.76. The van der Waals surface area contributed by atoms with Crippen LogP contribution in [0.25, 0.3) is 0 Å². The second kappa shape index (κ2) is 7.59. The van der Waals surface area contributed by atoms with Gasteiger partial charge >= 0.3 is 0 Å². The van der Waals surface area contributed by atoms with Crippen LogP contribution in [0.1, 0.15) is 12.0 Å². The summed E-state index contributed by atoms with van der Waals surface area (Å²) in [7, 11) is 7.65. The molecule has 0 spiro atoms. The molecule has 1 fully saturated rings. The number of hydrogen-bond donors (Lipinski definition) is 0. The first-order valence-electron chi connectivity index (χ1n) is 8.02. The molecule has 2 rings (SSSR count). The zero-order valence-corrected chi connectivity index (χ0v) is 14.5. The van der Waals surface area contributed by atoms with Crippen molar-refractivity contribution in [3.8, 4) is 0 Å². The van der Waals surface area contributed by atoms with Gasteiger partial charge in [-0.25, -0.2) is 0 Å². The molecule has 2 amide bonds. The van der Waals surface area contributed by atoms with Crippen molar-refractivity contribution in [1.82, 2.24) is 24.5 Å². The van der Waals surface area contributed by atoms with Crippen molar-refractivity contribution in [1.29, 1.82) is 0 Å². The first-order chi connectivity index (χ1) is 10.9.